The molecule has 0 spiro atoms. The third-order valence-electron chi connectivity index (χ3n) is 6.15. The summed E-state index contributed by atoms with van der Waals surface area (Å²) in [5.74, 6) is 0.943. The number of likely N-dealkylation sites (tertiary alicyclic amines) is 1. The molecule has 1 aromatic rings. The Bertz CT molecular complexity index is 709. The molecule has 0 bridgehead atoms. The van der Waals surface area contributed by atoms with Crippen molar-refractivity contribution in [2.45, 2.75) is 44.4 Å². The molecule has 3 aliphatic heterocycles. The van der Waals surface area contributed by atoms with Crippen molar-refractivity contribution in [1.29, 1.82) is 0 Å². The molecule has 154 valence electrons. The fourth-order valence-electron chi connectivity index (χ4n) is 4.62. The van der Waals surface area contributed by atoms with Gasteiger partial charge in [-0.1, -0.05) is 0 Å². The summed E-state index contributed by atoms with van der Waals surface area (Å²) >= 11 is 0. The number of hydrogen-bond acceptors (Lipinski definition) is 5. The van der Waals surface area contributed by atoms with E-state index in [0.29, 0.717) is 31.9 Å². The number of ether oxygens (including phenoxy) is 1. The number of anilines is 1. The molecule has 4 rings (SSSR count). The highest BCUT2D eigenvalue weighted by Crippen LogP contribution is 2.38. The van der Waals surface area contributed by atoms with Gasteiger partial charge >= 0.3 is 6.18 Å². The van der Waals surface area contributed by atoms with E-state index in [1.165, 1.54) is 6.42 Å². The highest BCUT2D eigenvalue weighted by atomic mass is 19.4. The van der Waals surface area contributed by atoms with Gasteiger partial charge in [-0.3, -0.25) is 4.79 Å². The van der Waals surface area contributed by atoms with Gasteiger partial charge in [0.2, 0.25) is 5.91 Å². The van der Waals surface area contributed by atoms with Crippen molar-refractivity contribution in [3.05, 3.63) is 18.1 Å². The molecule has 1 aromatic heterocycles. The van der Waals surface area contributed by atoms with E-state index in [9.17, 15) is 18.0 Å². The summed E-state index contributed by atoms with van der Waals surface area (Å²) in [6.45, 7) is 3.41. The predicted molar refractivity (Wildman–Crippen MR) is 95.6 cm³/mol. The number of hydrogen-bond donors (Lipinski definition) is 0. The van der Waals surface area contributed by atoms with E-state index in [-0.39, 0.29) is 23.8 Å². The quantitative estimate of drug-likeness (QED) is 0.784. The van der Waals surface area contributed by atoms with Crippen molar-refractivity contribution in [1.82, 2.24) is 14.9 Å². The fourth-order valence-corrected chi connectivity index (χ4v) is 4.62. The van der Waals surface area contributed by atoms with Gasteiger partial charge in [-0.2, -0.15) is 13.2 Å². The van der Waals surface area contributed by atoms with E-state index in [0.717, 1.165) is 44.7 Å². The molecule has 3 fully saturated rings. The van der Waals surface area contributed by atoms with Gasteiger partial charge in [-0.25, -0.2) is 9.97 Å². The zero-order chi connectivity index (χ0) is 19.7. The van der Waals surface area contributed by atoms with Gasteiger partial charge in [0.1, 0.15) is 17.8 Å². The third kappa shape index (κ3) is 4.09. The lowest BCUT2D eigenvalue weighted by atomic mass is 9.83. The Hall–Kier alpha value is -1.90. The SMILES string of the molecule is O=C(C[C@@H]1OC[C@H]2CN(c3cc(C(F)(F)F)ncn3)CC[C@H]21)N1CCCCC1. The molecule has 0 unspecified atom stereocenters. The van der Waals surface area contributed by atoms with Crippen LogP contribution in [0.25, 0.3) is 0 Å². The first-order chi connectivity index (χ1) is 13.4. The number of aromatic nitrogens is 2. The normalized spacial score (nSPS) is 28.3. The largest absolute Gasteiger partial charge is 0.433 e. The Kier molecular flexibility index (Phi) is 5.44. The zero-order valence-corrected chi connectivity index (χ0v) is 15.7. The molecule has 0 radical (unpaired) electrons. The minimum Gasteiger partial charge on any atom is -0.377 e. The standard InChI is InChI=1S/C19H25F3N4O2/c20-19(21,22)16-9-17(24-12-23-16)26-7-4-14-13(10-26)11-28-15(14)8-18(27)25-5-2-1-3-6-25/h9,12-15H,1-8,10-11H2/t13-,14-,15+/m1/s1. The Morgan fingerprint density at radius 1 is 1.18 bits per heavy atom. The van der Waals surface area contributed by atoms with Crippen molar-refractivity contribution in [3.8, 4) is 0 Å². The Balaban J connectivity index is 1.37. The second-order valence-corrected chi connectivity index (χ2v) is 7.94. The maximum Gasteiger partial charge on any atom is 0.433 e. The van der Waals surface area contributed by atoms with Crippen LogP contribution in [0.1, 0.15) is 37.8 Å². The monoisotopic (exact) mass is 398 g/mol. The second-order valence-electron chi connectivity index (χ2n) is 7.94. The van der Waals surface area contributed by atoms with Crippen LogP contribution in [-0.4, -0.2) is 59.7 Å². The molecule has 3 atom stereocenters. The van der Waals surface area contributed by atoms with E-state index in [1.807, 2.05) is 9.80 Å². The van der Waals surface area contributed by atoms with E-state index < -0.39 is 11.9 Å². The van der Waals surface area contributed by atoms with Crippen molar-refractivity contribution in [2.24, 2.45) is 11.8 Å². The Morgan fingerprint density at radius 3 is 2.71 bits per heavy atom. The van der Waals surface area contributed by atoms with Crippen molar-refractivity contribution >= 4 is 11.7 Å². The van der Waals surface area contributed by atoms with Crippen LogP contribution in [0.3, 0.4) is 0 Å². The number of piperidine rings is 2. The molecule has 0 saturated carbocycles. The third-order valence-corrected chi connectivity index (χ3v) is 6.15. The van der Waals surface area contributed by atoms with Crippen molar-refractivity contribution in [2.75, 3.05) is 37.7 Å². The molecule has 0 N–H and O–H groups in total. The minimum atomic E-state index is -4.48. The molecule has 0 aliphatic carbocycles. The topological polar surface area (TPSA) is 58.6 Å². The summed E-state index contributed by atoms with van der Waals surface area (Å²) in [4.78, 5) is 23.7. The second kappa shape index (κ2) is 7.85. The molecule has 1 amide bonds. The Morgan fingerprint density at radius 2 is 1.96 bits per heavy atom. The van der Waals surface area contributed by atoms with Crippen molar-refractivity contribution in [3.63, 3.8) is 0 Å². The first-order valence-corrected chi connectivity index (χ1v) is 9.95. The summed E-state index contributed by atoms with van der Waals surface area (Å²) in [6.07, 6.45) is 0.915. The van der Waals surface area contributed by atoms with E-state index in [2.05, 4.69) is 9.97 Å². The number of halogens is 3. The smallest absolute Gasteiger partial charge is 0.377 e. The number of rotatable bonds is 3. The van der Waals surface area contributed by atoms with Crippen LogP contribution in [0, 0.1) is 11.8 Å². The van der Waals surface area contributed by atoms with E-state index in [1.54, 1.807) is 0 Å². The first kappa shape index (κ1) is 19.4. The molecule has 9 heteroatoms. The van der Waals surface area contributed by atoms with Gasteiger partial charge in [0.05, 0.1) is 19.1 Å². The van der Waals surface area contributed by atoms with Crippen LogP contribution < -0.4 is 4.90 Å². The lowest BCUT2D eigenvalue weighted by molar-refractivity contribution is -0.141. The number of amides is 1. The van der Waals surface area contributed by atoms with Crippen LogP contribution in [0.5, 0.6) is 0 Å². The zero-order valence-electron chi connectivity index (χ0n) is 15.7. The number of fused-ring (bicyclic) bond motifs is 1. The van der Waals surface area contributed by atoms with Gasteiger partial charge in [0.25, 0.3) is 0 Å². The average Bonchev–Trinajstić information content (AvgIpc) is 3.10. The van der Waals surface area contributed by atoms with E-state index in [4.69, 9.17) is 4.74 Å². The van der Waals surface area contributed by atoms with Gasteiger partial charge in [0, 0.05) is 38.2 Å². The summed E-state index contributed by atoms with van der Waals surface area (Å²) in [5.41, 5.74) is -0.924. The highest BCUT2D eigenvalue weighted by molar-refractivity contribution is 5.76. The number of carbonyl (C=O) groups excluding carboxylic acids is 1. The molecule has 3 aliphatic rings. The summed E-state index contributed by atoms with van der Waals surface area (Å²) in [5, 5.41) is 0. The lowest BCUT2D eigenvalue weighted by Crippen LogP contribution is -2.43. The van der Waals surface area contributed by atoms with Gasteiger partial charge in [0.15, 0.2) is 0 Å². The van der Waals surface area contributed by atoms with Crippen LogP contribution in [-0.2, 0) is 15.7 Å². The van der Waals surface area contributed by atoms with Crippen LogP contribution >= 0.6 is 0 Å². The molecule has 4 heterocycles. The summed E-state index contributed by atoms with van der Waals surface area (Å²) in [7, 11) is 0. The molecule has 28 heavy (non-hydrogen) atoms. The molecule has 3 saturated heterocycles. The molecular weight excluding hydrogens is 373 g/mol. The number of nitrogens with zero attached hydrogens (tertiary/aromatic N) is 4. The first-order valence-electron chi connectivity index (χ1n) is 9.95. The highest BCUT2D eigenvalue weighted by Gasteiger charge is 2.42. The number of alkyl halides is 3. The van der Waals surface area contributed by atoms with Crippen LogP contribution in [0.4, 0.5) is 19.0 Å². The summed E-state index contributed by atoms with van der Waals surface area (Å²) < 4.78 is 44.7. The Labute approximate surface area is 162 Å². The average molecular weight is 398 g/mol. The van der Waals surface area contributed by atoms with Crippen LogP contribution in [0.15, 0.2) is 12.4 Å². The number of carbonyl (C=O) groups is 1. The van der Waals surface area contributed by atoms with E-state index >= 15 is 0 Å². The van der Waals surface area contributed by atoms with Crippen LogP contribution in [0.2, 0.25) is 0 Å². The minimum absolute atomic E-state index is 0.0855. The van der Waals surface area contributed by atoms with Gasteiger partial charge < -0.3 is 14.5 Å². The molecule has 6 nitrogen and oxygen atoms in total. The maximum atomic E-state index is 12.9. The van der Waals surface area contributed by atoms with Crippen molar-refractivity contribution < 1.29 is 22.7 Å². The predicted octanol–water partition coefficient (Wildman–Crippen LogP) is 2.74. The lowest BCUT2D eigenvalue weighted by Gasteiger charge is -2.36. The molecular formula is C19H25F3N4O2. The maximum absolute atomic E-state index is 12.9. The molecule has 0 aromatic carbocycles. The summed E-state index contributed by atoms with van der Waals surface area (Å²) in [6, 6.07) is 1.01. The van der Waals surface area contributed by atoms with Gasteiger partial charge in [-0.15, -0.1) is 0 Å². The van der Waals surface area contributed by atoms with Gasteiger partial charge in [-0.05, 0) is 31.6 Å². The fraction of sp³-hybridized carbons (Fsp3) is 0.737.